The standard InChI is InChI=1S/C13H22N4O3/c1-2-17-11(14)10(12(18)16-13(17)19)15-7-6-9-5-3-4-8-20-9/h9,15H,2-8,14H2,1H3,(H,16,18,19). The second-order valence-corrected chi connectivity index (χ2v) is 4.97. The first kappa shape index (κ1) is 14.6. The molecule has 0 saturated carbocycles. The molecule has 1 unspecified atom stereocenters. The molecule has 0 aromatic carbocycles. The van der Waals surface area contributed by atoms with Gasteiger partial charge in [-0.1, -0.05) is 0 Å². The van der Waals surface area contributed by atoms with Crippen molar-refractivity contribution in [2.75, 3.05) is 24.2 Å². The van der Waals surface area contributed by atoms with Gasteiger partial charge in [0.25, 0.3) is 5.56 Å². The highest BCUT2D eigenvalue weighted by Crippen LogP contribution is 2.16. The lowest BCUT2D eigenvalue weighted by atomic mass is 10.1. The van der Waals surface area contributed by atoms with E-state index in [1.807, 2.05) is 0 Å². The van der Waals surface area contributed by atoms with E-state index in [1.54, 1.807) is 6.92 Å². The topological polar surface area (TPSA) is 102 Å². The van der Waals surface area contributed by atoms with Gasteiger partial charge < -0.3 is 15.8 Å². The Morgan fingerprint density at radius 3 is 2.90 bits per heavy atom. The molecule has 0 amide bonds. The number of aromatic amines is 1. The van der Waals surface area contributed by atoms with Gasteiger partial charge in [-0.3, -0.25) is 14.3 Å². The van der Waals surface area contributed by atoms with Gasteiger partial charge in [-0.05, 0) is 32.6 Å². The van der Waals surface area contributed by atoms with Gasteiger partial charge in [-0.25, -0.2) is 4.79 Å². The van der Waals surface area contributed by atoms with Crippen molar-refractivity contribution in [3.05, 3.63) is 20.8 Å². The third-order valence-corrected chi connectivity index (χ3v) is 3.60. The van der Waals surface area contributed by atoms with Crippen molar-refractivity contribution in [2.45, 2.75) is 45.3 Å². The largest absolute Gasteiger partial charge is 0.383 e. The lowest BCUT2D eigenvalue weighted by Crippen LogP contribution is -2.34. The molecular weight excluding hydrogens is 260 g/mol. The molecule has 1 fully saturated rings. The van der Waals surface area contributed by atoms with Crippen molar-refractivity contribution in [1.29, 1.82) is 0 Å². The number of aromatic nitrogens is 2. The fraction of sp³-hybridized carbons (Fsp3) is 0.692. The summed E-state index contributed by atoms with van der Waals surface area (Å²) >= 11 is 0. The van der Waals surface area contributed by atoms with Crippen LogP contribution in [0.4, 0.5) is 11.5 Å². The maximum absolute atomic E-state index is 11.8. The number of nitrogens with zero attached hydrogens (tertiary/aromatic N) is 1. The molecule has 7 nitrogen and oxygen atoms in total. The van der Waals surface area contributed by atoms with E-state index in [0.717, 1.165) is 25.9 Å². The fourth-order valence-electron chi connectivity index (χ4n) is 2.47. The van der Waals surface area contributed by atoms with Gasteiger partial charge in [0.05, 0.1) is 6.10 Å². The summed E-state index contributed by atoms with van der Waals surface area (Å²) in [5, 5.41) is 3.02. The first-order chi connectivity index (χ1) is 9.63. The third-order valence-electron chi connectivity index (χ3n) is 3.60. The van der Waals surface area contributed by atoms with Crippen LogP contribution in [-0.2, 0) is 11.3 Å². The Labute approximate surface area is 117 Å². The van der Waals surface area contributed by atoms with Gasteiger partial charge in [0.2, 0.25) is 0 Å². The summed E-state index contributed by atoms with van der Waals surface area (Å²) < 4.78 is 6.96. The van der Waals surface area contributed by atoms with Crippen molar-refractivity contribution in [2.24, 2.45) is 0 Å². The van der Waals surface area contributed by atoms with Crippen molar-refractivity contribution >= 4 is 11.5 Å². The zero-order valence-corrected chi connectivity index (χ0v) is 11.8. The Kier molecular flexibility index (Phi) is 4.84. The summed E-state index contributed by atoms with van der Waals surface area (Å²) in [7, 11) is 0. The minimum Gasteiger partial charge on any atom is -0.383 e. The molecule has 0 radical (unpaired) electrons. The molecule has 0 spiro atoms. The van der Waals surface area contributed by atoms with Gasteiger partial charge in [0, 0.05) is 19.7 Å². The van der Waals surface area contributed by atoms with E-state index in [2.05, 4.69) is 10.3 Å². The number of nitrogen functional groups attached to an aromatic ring is 1. The highest BCUT2D eigenvalue weighted by Gasteiger charge is 2.15. The van der Waals surface area contributed by atoms with Crippen molar-refractivity contribution in [1.82, 2.24) is 9.55 Å². The Bertz CT molecular complexity index is 558. The number of anilines is 2. The fourth-order valence-corrected chi connectivity index (χ4v) is 2.47. The quantitative estimate of drug-likeness (QED) is 0.730. The lowest BCUT2D eigenvalue weighted by Gasteiger charge is -2.22. The van der Waals surface area contributed by atoms with Crippen LogP contribution < -0.4 is 22.3 Å². The minimum atomic E-state index is -0.476. The molecule has 2 rings (SSSR count). The van der Waals surface area contributed by atoms with Crippen LogP contribution in [0.5, 0.6) is 0 Å². The Balaban J connectivity index is 2.02. The zero-order valence-electron chi connectivity index (χ0n) is 11.8. The van der Waals surface area contributed by atoms with Crippen LogP contribution in [0.2, 0.25) is 0 Å². The van der Waals surface area contributed by atoms with Crippen LogP contribution in [0.3, 0.4) is 0 Å². The summed E-state index contributed by atoms with van der Waals surface area (Å²) in [6.07, 6.45) is 4.44. The maximum atomic E-state index is 11.8. The summed E-state index contributed by atoms with van der Waals surface area (Å²) in [5.74, 6) is 0.186. The van der Waals surface area contributed by atoms with E-state index in [1.165, 1.54) is 11.0 Å². The van der Waals surface area contributed by atoms with Gasteiger partial charge in [0.15, 0.2) is 0 Å². The van der Waals surface area contributed by atoms with Gasteiger partial charge >= 0.3 is 5.69 Å². The van der Waals surface area contributed by atoms with E-state index in [9.17, 15) is 9.59 Å². The number of nitrogens with two attached hydrogens (primary N) is 1. The zero-order chi connectivity index (χ0) is 14.5. The first-order valence-corrected chi connectivity index (χ1v) is 7.11. The van der Waals surface area contributed by atoms with Crippen LogP contribution in [-0.4, -0.2) is 28.8 Å². The monoisotopic (exact) mass is 282 g/mol. The number of nitrogens with one attached hydrogen (secondary N) is 2. The SMILES string of the molecule is CCn1c(N)c(NCCC2CCCCO2)c(=O)[nH]c1=O. The van der Waals surface area contributed by atoms with Crippen LogP contribution >= 0.6 is 0 Å². The highest BCUT2D eigenvalue weighted by molar-refractivity contribution is 5.60. The van der Waals surface area contributed by atoms with Crippen LogP contribution in [0, 0.1) is 0 Å². The Morgan fingerprint density at radius 1 is 1.45 bits per heavy atom. The van der Waals surface area contributed by atoms with E-state index in [0.29, 0.717) is 13.1 Å². The molecule has 1 saturated heterocycles. The van der Waals surface area contributed by atoms with Crippen LogP contribution in [0.15, 0.2) is 9.59 Å². The molecule has 112 valence electrons. The lowest BCUT2D eigenvalue weighted by molar-refractivity contribution is 0.0134. The van der Waals surface area contributed by atoms with Gasteiger partial charge in [-0.2, -0.15) is 0 Å². The molecule has 1 aliphatic rings. The first-order valence-electron chi connectivity index (χ1n) is 7.11. The second kappa shape index (κ2) is 6.60. The van der Waals surface area contributed by atoms with E-state index in [4.69, 9.17) is 10.5 Å². The smallest absolute Gasteiger partial charge is 0.330 e. The summed E-state index contributed by atoms with van der Waals surface area (Å²) in [6, 6.07) is 0. The molecule has 20 heavy (non-hydrogen) atoms. The number of hydrogen-bond acceptors (Lipinski definition) is 5. The molecule has 0 aliphatic carbocycles. The van der Waals surface area contributed by atoms with Gasteiger partial charge in [-0.15, -0.1) is 0 Å². The Hall–Kier alpha value is -1.76. The molecule has 1 aromatic heterocycles. The van der Waals surface area contributed by atoms with Crippen molar-refractivity contribution in [3.63, 3.8) is 0 Å². The molecule has 4 N–H and O–H groups in total. The average Bonchev–Trinajstić information content (AvgIpc) is 2.44. The summed E-state index contributed by atoms with van der Waals surface area (Å²) in [6.45, 7) is 3.63. The number of rotatable bonds is 5. The average molecular weight is 282 g/mol. The molecule has 7 heteroatoms. The van der Waals surface area contributed by atoms with Gasteiger partial charge in [0.1, 0.15) is 11.5 Å². The van der Waals surface area contributed by atoms with Crippen LogP contribution in [0.25, 0.3) is 0 Å². The summed E-state index contributed by atoms with van der Waals surface area (Å²) in [4.78, 5) is 25.6. The maximum Gasteiger partial charge on any atom is 0.330 e. The number of H-pyrrole nitrogens is 1. The molecule has 1 aliphatic heterocycles. The molecule has 1 aromatic rings. The minimum absolute atomic E-state index is 0.186. The number of hydrogen-bond donors (Lipinski definition) is 3. The molecule has 1 atom stereocenters. The predicted molar refractivity (Wildman–Crippen MR) is 78.1 cm³/mol. The Morgan fingerprint density at radius 2 is 2.25 bits per heavy atom. The molecule has 0 bridgehead atoms. The molecule has 2 heterocycles. The van der Waals surface area contributed by atoms with Crippen molar-refractivity contribution in [3.8, 4) is 0 Å². The second-order valence-electron chi connectivity index (χ2n) is 4.97. The normalized spacial score (nSPS) is 18.9. The van der Waals surface area contributed by atoms with E-state index >= 15 is 0 Å². The van der Waals surface area contributed by atoms with E-state index in [-0.39, 0.29) is 17.6 Å². The summed E-state index contributed by atoms with van der Waals surface area (Å²) in [5.41, 5.74) is 5.18. The van der Waals surface area contributed by atoms with Crippen LogP contribution in [0.1, 0.15) is 32.6 Å². The molecular formula is C13H22N4O3. The predicted octanol–water partition coefficient (Wildman–Crippen LogP) is 0.510. The third kappa shape index (κ3) is 3.22. The number of ether oxygens (including phenoxy) is 1. The van der Waals surface area contributed by atoms with Crippen molar-refractivity contribution < 1.29 is 4.74 Å². The van der Waals surface area contributed by atoms with E-state index < -0.39 is 11.2 Å². The highest BCUT2D eigenvalue weighted by atomic mass is 16.5.